The molecule has 0 fully saturated rings. The molecule has 17 heavy (non-hydrogen) atoms. The summed E-state index contributed by atoms with van der Waals surface area (Å²) >= 11 is 0. The van der Waals surface area contributed by atoms with Crippen LogP contribution in [0.1, 0.15) is 19.4 Å². The predicted octanol–water partition coefficient (Wildman–Crippen LogP) is 2.08. The molecule has 90 valence electrons. The van der Waals surface area contributed by atoms with E-state index in [1.807, 2.05) is 31.3 Å². The van der Waals surface area contributed by atoms with Crippen LogP contribution >= 0.6 is 0 Å². The Morgan fingerprint density at radius 3 is 3.00 bits per heavy atom. The molecular weight excluding hydrogens is 220 g/mol. The Balaban J connectivity index is 2.33. The number of carboxylic acids is 1. The second-order valence-electron chi connectivity index (χ2n) is 3.98. The van der Waals surface area contributed by atoms with Gasteiger partial charge in [-0.25, -0.2) is 0 Å². The third-order valence-electron chi connectivity index (χ3n) is 2.65. The quantitative estimate of drug-likeness (QED) is 0.879. The number of aliphatic carboxylic acids is 1. The number of aromatic nitrogens is 2. The Labute approximate surface area is 98.6 Å². The van der Waals surface area contributed by atoms with E-state index >= 15 is 0 Å². The van der Waals surface area contributed by atoms with Gasteiger partial charge in [-0.3, -0.25) is 9.48 Å². The molecule has 1 aromatic carbocycles. The number of ether oxygens (including phenoxy) is 1. The minimum atomic E-state index is -0.824. The fraction of sp³-hybridized carbons (Fsp3) is 0.333. The van der Waals surface area contributed by atoms with Crippen molar-refractivity contribution < 1.29 is 14.6 Å². The minimum Gasteiger partial charge on any atom is -0.497 e. The highest BCUT2D eigenvalue weighted by Crippen LogP contribution is 2.21. The molecule has 0 aliphatic heterocycles. The Hall–Kier alpha value is -2.04. The summed E-state index contributed by atoms with van der Waals surface area (Å²) in [5.74, 6) is -0.0578. The van der Waals surface area contributed by atoms with Crippen LogP contribution in [0.15, 0.2) is 24.4 Å². The van der Waals surface area contributed by atoms with E-state index in [-0.39, 0.29) is 12.5 Å². The lowest BCUT2D eigenvalue weighted by atomic mass is 10.2. The maximum atomic E-state index is 10.6. The first-order valence-corrected chi connectivity index (χ1v) is 5.35. The molecule has 5 heteroatoms. The monoisotopic (exact) mass is 234 g/mol. The number of methoxy groups -OCH3 is 1. The normalized spacial score (nSPS) is 12.6. The van der Waals surface area contributed by atoms with Crippen LogP contribution in [0.5, 0.6) is 5.75 Å². The van der Waals surface area contributed by atoms with Crippen LogP contribution in [0.3, 0.4) is 0 Å². The second kappa shape index (κ2) is 4.45. The van der Waals surface area contributed by atoms with Gasteiger partial charge in [-0.05, 0) is 25.1 Å². The topological polar surface area (TPSA) is 64.4 Å². The van der Waals surface area contributed by atoms with Gasteiger partial charge in [0.05, 0.1) is 25.1 Å². The van der Waals surface area contributed by atoms with Crippen LogP contribution in [0.2, 0.25) is 0 Å². The Bertz CT molecular complexity index is 548. The van der Waals surface area contributed by atoms with E-state index < -0.39 is 5.97 Å². The SMILES string of the molecule is COc1ccc2nn(C(C)CC(=O)O)cc2c1. The molecule has 1 unspecified atom stereocenters. The third-order valence-corrected chi connectivity index (χ3v) is 2.65. The molecule has 1 heterocycles. The number of hydrogen-bond acceptors (Lipinski definition) is 3. The number of carboxylic acid groups (broad SMARTS) is 1. The van der Waals surface area contributed by atoms with Crippen molar-refractivity contribution in [1.82, 2.24) is 9.78 Å². The summed E-state index contributed by atoms with van der Waals surface area (Å²) in [5.41, 5.74) is 0.836. The minimum absolute atomic E-state index is 0.0606. The number of rotatable bonds is 4. The zero-order chi connectivity index (χ0) is 12.4. The first-order chi connectivity index (χ1) is 8.10. The van der Waals surface area contributed by atoms with Crippen molar-refractivity contribution >= 4 is 16.9 Å². The lowest BCUT2D eigenvalue weighted by Gasteiger charge is -2.07. The number of fused-ring (bicyclic) bond motifs is 1. The van der Waals surface area contributed by atoms with Crippen molar-refractivity contribution in [3.05, 3.63) is 24.4 Å². The molecule has 0 bridgehead atoms. The van der Waals surface area contributed by atoms with Gasteiger partial charge in [0, 0.05) is 11.6 Å². The van der Waals surface area contributed by atoms with Gasteiger partial charge in [-0.15, -0.1) is 0 Å². The predicted molar refractivity (Wildman–Crippen MR) is 63.2 cm³/mol. The van der Waals surface area contributed by atoms with Crippen molar-refractivity contribution in [1.29, 1.82) is 0 Å². The van der Waals surface area contributed by atoms with E-state index in [1.54, 1.807) is 11.8 Å². The van der Waals surface area contributed by atoms with Crippen molar-refractivity contribution in [3.63, 3.8) is 0 Å². The van der Waals surface area contributed by atoms with Gasteiger partial charge in [-0.1, -0.05) is 0 Å². The van der Waals surface area contributed by atoms with Crippen molar-refractivity contribution in [2.24, 2.45) is 0 Å². The molecule has 0 saturated heterocycles. The Morgan fingerprint density at radius 1 is 1.59 bits per heavy atom. The van der Waals surface area contributed by atoms with Gasteiger partial charge >= 0.3 is 5.97 Å². The summed E-state index contributed by atoms with van der Waals surface area (Å²) < 4.78 is 6.80. The van der Waals surface area contributed by atoms with Gasteiger partial charge in [0.25, 0.3) is 0 Å². The molecule has 5 nitrogen and oxygen atoms in total. The van der Waals surface area contributed by atoms with Crippen LogP contribution in [0, 0.1) is 0 Å². The molecule has 0 spiro atoms. The molecule has 2 rings (SSSR count). The lowest BCUT2D eigenvalue weighted by molar-refractivity contribution is -0.137. The smallest absolute Gasteiger partial charge is 0.305 e. The molecule has 0 radical (unpaired) electrons. The highest BCUT2D eigenvalue weighted by molar-refractivity contribution is 5.79. The average Bonchev–Trinajstić information content (AvgIpc) is 2.70. The summed E-state index contributed by atoms with van der Waals surface area (Å²) in [7, 11) is 1.61. The first kappa shape index (κ1) is 11.4. The largest absolute Gasteiger partial charge is 0.497 e. The van der Waals surface area contributed by atoms with E-state index in [1.165, 1.54) is 0 Å². The van der Waals surface area contributed by atoms with E-state index in [0.29, 0.717) is 0 Å². The zero-order valence-electron chi connectivity index (χ0n) is 9.75. The molecule has 0 aliphatic carbocycles. The van der Waals surface area contributed by atoms with Gasteiger partial charge in [-0.2, -0.15) is 5.10 Å². The average molecular weight is 234 g/mol. The van der Waals surface area contributed by atoms with Crippen LogP contribution in [0.4, 0.5) is 0 Å². The number of benzene rings is 1. The van der Waals surface area contributed by atoms with Crippen molar-refractivity contribution in [2.45, 2.75) is 19.4 Å². The summed E-state index contributed by atoms with van der Waals surface area (Å²) in [5, 5.41) is 14.0. The standard InChI is InChI=1S/C12H14N2O3/c1-8(5-12(15)16)14-7-9-6-10(17-2)3-4-11(9)13-14/h3-4,6-8H,5H2,1-2H3,(H,15,16). The highest BCUT2D eigenvalue weighted by atomic mass is 16.5. The summed E-state index contributed by atoms with van der Waals surface area (Å²) in [6.07, 6.45) is 1.90. The van der Waals surface area contributed by atoms with E-state index in [4.69, 9.17) is 9.84 Å². The van der Waals surface area contributed by atoms with Gasteiger partial charge in [0.1, 0.15) is 5.75 Å². The molecule has 1 aromatic heterocycles. The van der Waals surface area contributed by atoms with E-state index in [0.717, 1.165) is 16.7 Å². The first-order valence-electron chi connectivity index (χ1n) is 5.35. The molecular formula is C12H14N2O3. The molecule has 1 N–H and O–H groups in total. The van der Waals surface area contributed by atoms with Gasteiger partial charge in [0.15, 0.2) is 0 Å². The summed E-state index contributed by atoms with van der Waals surface area (Å²) in [4.78, 5) is 10.6. The van der Waals surface area contributed by atoms with Gasteiger partial charge < -0.3 is 9.84 Å². The maximum absolute atomic E-state index is 10.6. The summed E-state index contributed by atoms with van der Waals surface area (Å²) in [6, 6.07) is 5.41. The molecule has 2 aromatic rings. The fourth-order valence-electron chi connectivity index (χ4n) is 1.72. The number of nitrogens with zero attached hydrogens (tertiary/aromatic N) is 2. The molecule has 1 atom stereocenters. The number of hydrogen-bond donors (Lipinski definition) is 1. The van der Waals surface area contributed by atoms with Crippen LogP contribution in [-0.2, 0) is 4.79 Å². The Morgan fingerprint density at radius 2 is 2.35 bits per heavy atom. The van der Waals surface area contributed by atoms with Gasteiger partial charge in [0.2, 0.25) is 0 Å². The number of carbonyl (C=O) groups is 1. The molecule has 0 saturated carbocycles. The zero-order valence-corrected chi connectivity index (χ0v) is 9.75. The van der Waals surface area contributed by atoms with Crippen LogP contribution < -0.4 is 4.74 Å². The van der Waals surface area contributed by atoms with E-state index in [9.17, 15) is 4.79 Å². The summed E-state index contributed by atoms with van der Waals surface area (Å²) in [6.45, 7) is 1.83. The fourth-order valence-corrected chi connectivity index (χ4v) is 1.72. The molecule has 0 amide bonds. The Kier molecular flexibility index (Phi) is 2.99. The van der Waals surface area contributed by atoms with Crippen molar-refractivity contribution in [3.8, 4) is 5.75 Å². The van der Waals surface area contributed by atoms with Crippen LogP contribution in [0.25, 0.3) is 10.9 Å². The van der Waals surface area contributed by atoms with Crippen molar-refractivity contribution in [2.75, 3.05) is 7.11 Å². The lowest BCUT2D eigenvalue weighted by Crippen LogP contribution is -2.10. The van der Waals surface area contributed by atoms with E-state index in [2.05, 4.69) is 5.10 Å². The second-order valence-corrected chi connectivity index (χ2v) is 3.98. The third kappa shape index (κ3) is 2.38. The maximum Gasteiger partial charge on any atom is 0.305 e. The van der Waals surface area contributed by atoms with Crippen LogP contribution in [-0.4, -0.2) is 28.0 Å². The molecule has 0 aliphatic rings. The highest BCUT2D eigenvalue weighted by Gasteiger charge is 2.11.